The van der Waals surface area contributed by atoms with Crippen LogP contribution in [0.25, 0.3) is 0 Å². The van der Waals surface area contributed by atoms with Gasteiger partial charge in [0.25, 0.3) is 0 Å². The summed E-state index contributed by atoms with van der Waals surface area (Å²) in [6, 6.07) is 20.0. The van der Waals surface area contributed by atoms with Crippen molar-refractivity contribution in [3.05, 3.63) is 94.0 Å². The van der Waals surface area contributed by atoms with Gasteiger partial charge in [0.2, 0.25) is 0 Å². The van der Waals surface area contributed by atoms with Crippen LogP contribution in [0.5, 0.6) is 5.75 Å². The minimum atomic E-state index is -1.42. The van der Waals surface area contributed by atoms with Crippen LogP contribution in [0.4, 0.5) is 5.69 Å². The lowest BCUT2D eigenvalue weighted by molar-refractivity contribution is -0.221. The Bertz CT molecular complexity index is 1270. The lowest BCUT2D eigenvalue weighted by Gasteiger charge is -2.42. The van der Waals surface area contributed by atoms with Gasteiger partial charge >= 0.3 is 5.97 Å². The molecule has 0 spiro atoms. The van der Waals surface area contributed by atoms with Crippen LogP contribution in [0.1, 0.15) is 40.1 Å². The van der Waals surface area contributed by atoms with Gasteiger partial charge in [0.15, 0.2) is 0 Å². The highest BCUT2D eigenvalue weighted by atomic mass is 35.5. The summed E-state index contributed by atoms with van der Waals surface area (Å²) >= 11 is 6.51. The van der Waals surface area contributed by atoms with Crippen LogP contribution in [-0.4, -0.2) is 73.0 Å². The third kappa shape index (κ3) is 6.72. The summed E-state index contributed by atoms with van der Waals surface area (Å²) in [7, 11) is 3.11. The maximum atomic E-state index is 11.9. The van der Waals surface area contributed by atoms with E-state index in [1.54, 1.807) is 42.3 Å². The van der Waals surface area contributed by atoms with Crippen molar-refractivity contribution in [2.75, 3.05) is 32.2 Å². The van der Waals surface area contributed by atoms with Crippen LogP contribution in [-0.2, 0) is 15.9 Å². The number of hydrogen-bond acceptors (Lipinski definition) is 8. The highest BCUT2D eigenvalue weighted by molar-refractivity contribution is 6.31. The summed E-state index contributed by atoms with van der Waals surface area (Å²) in [5, 5.41) is 32.9. The van der Waals surface area contributed by atoms with Gasteiger partial charge in [-0.25, -0.2) is 4.79 Å². The average molecular weight is 556 g/mol. The number of nitrogens with zero attached hydrogens (tertiary/aromatic N) is 1. The van der Waals surface area contributed by atoms with E-state index in [0.717, 1.165) is 16.9 Å². The summed E-state index contributed by atoms with van der Waals surface area (Å²) in [5.74, 6) is 0.335. The van der Waals surface area contributed by atoms with Crippen LogP contribution >= 0.6 is 11.6 Å². The maximum absolute atomic E-state index is 11.9. The Balaban J connectivity index is 1.53. The summed E-state index contributed by atoms with van der Waals surface area (Å²) in [5.41, 5.74) is 3.60. The SMILES string of the molecule is CCOc1ccc(Cc2cc([C@@H]3O[C@H](CN(C)c4cccc(C(=O)OC)c4)[C@@H](O)C(O)[C@H]3O)ccc2Cl)cc1. The first-order valence-electron chi connectivity index (χ1n) is 12.8. The number of rotatable bonds is 9. The van der Waals surface area contributed by atoms with Gasteiger partial charge in [0, 0.05) is 24.3 Å². The number of methoxy groups -OCH3 is 1. The minimum Gasteiger partial charge on any atom is -0.494 e. The third-order valence-electron chi connectivity index (χ3n) is 6.90. The van der Waals surface area contributed by atoms with Crippen LogP contribution in [0, 0.1) is 0 Å². The van der Waals surface area contributed by atoms with Crippen molar-refractivity contribution in [2.24, 2.45) is 0 Å². The molecule has 208 valence electrons. The Kier molecular flexibility index (Phi) is 9.48. The topological polar surface area (TPSA) is 109 Å². The number of esters is 1. The molecule has 1 aliphatic heterocycles. The zero-order valence-electron chi connectivity index (χ0n) is 22.2. The molecule has 3 aromatic rings. The largest absolute Gasteiger partial charge is 0.494 e. The van der Waals surface area contributed by atoms with E-state index < -0.39 is 36.5 Å². The molecule has 0 amide bonds. The molecule has 0 bridgehead atoms. The molecular weight excluding hydrogens is 522 g/mol. The fraction of sp³-hybridized carbons (Fsp3) is 0.367. The standard InChI is InChI=1S/C30H34ClNO7/c1-4-38-23-11-8-18(9-12-23)14-21-15-19(10-13-24(21)31)29-28(35)27(34)26(33)25(39-29)17-32(2)22-7-5-6-20(16-22)30(36)37-3/h5-13,15-16,25-29,33-35H,4,14,17H2,1-3H3/t25-,26-,27?,28-,29+/m1/s1. The number of ether oxygens (including phenoxy) is 3. The number of carbonyl (C=O) groups excluding carboxylic acids is 1. The Morgan fingerprint density at radius 2 is 1.74 bits per heavy atom. The Hall–Kier alpha value is -3.14. The smallest absolute Gasteiger partial charge is 0.337 e. The van der Waals surface area contributed by atoms with E-state index >= 15 is 0 Å². The normalized spacial score (nSPS) is 22.8. The molecule has 3 aromatic carbocycles. The zero-order valence-corrected chi connectivity index (χ0v) is 22.9. The molecule has 8 nitrogen and oxygen atoms in total. The Morgan fingerprint density at radius 3 is 2.44 bits per heavy atom. The van der Waals surface area contributed by atoms with Gasteiger partial charge in [-0.2, -0.15) is 0 Å². The lowest BCUT2D eigenvalue weighted by atomic mass is 9.89. The van der Waals surface area contributed by atoms with E-state index in [0.29, 0.717) is 34.9 Å². The molecular formula is C30H34ClNO7. The number of halogens is 1. The highest BCUT2D eigenvalue weighted by Gasteiger charge is 2.44. The Labute approximate surface area is 233 Å². The molecule has 1 saturated heterocycles. The highest BCUT2D eigenvalue weighted by Crippen LogP contribution is 2.35. The van der Waals surface area contributed by atoms with Crippen LogP contribution in [0.15, 0.2) is 66.7 Å². The quantitative estimate of drug-likeness (QED) is 0.342. The molecule has 0 radical (unpaired) electrons. The van der Waals surface area contributed by atoms with E-state index in [4.69, 9.17) is 25.8 Å². The summed E-state index contributed by atoms with van der Waals surface area (Å²) in [4.78, 5) is 13.7. The van der Waals surface area contributed by atoms with Gasteiger partial charge in [-0.1, -0.05) is 41.9 Å². The van der Waals surface area contributed by atoms with Crippen molar-refractivity contribution in [3.63, 3.8) is 0 Å². The first kappa shape index (κ1) is 28.9. The molecule has 39 heavy (non-hydrogen) atoms. The minimum absolute atomic E-state index is 0.193. The van der Waals surface area contributed by atoms with Crippen LogP contribution < -0.4 is 9.64 Å². The van der Waals surface area contributed by atoms with E-state index in [1.165, 1.54) is 7.11 Å². The van der Waals surface area contributed by atoms with Gasteiger partial charge in [0.1, 0.15) is 36.3 Å². The molecule has 3 N–H and O–H groups in total. The molecule has 1 unspecified atom stereocenters. The fourth-order valence-electron chi connectivity index (χ4n) is 4.74. The number of likely N-dealkylation sites (N-methyl/N-ethyl adjacent to an activating group) is 1. The number of carbonyl (C=O) groups is 1. The van der Waals surface area contributed by atoms with E-state index in [2.05, 4.69) is 0 Å². The first-order chi connectivity index (χ1) is 18.7. The number of aliphatic hydroxyl groups is 3. The fourth-order valence-corrected chi connectivity index (χ4v) is 4.92. The van der Waals surface area contributed by atoms with Gasteiger partial charge in [0.05, 0.1) is 19.3 Å². The summed E-state index contributed by atoms with van der Waals surface area (Å²) < 4.78 is 16.5. The molecule has 0 saturated carbocycles. The average Bonchev–Trinajstić information content (AvgIpc) is 2.95. The number of anilines is 1. The maximum Gasteiger partial charge on any atom is 0.337 e. The molecule has 1 heterocycles. The molecule has 4 rings (SSSR count). The molecule has 1 fully saturated rings. The van der Waals surface area contributed by atoms with Gasteiger partial charge in [-0.05, 0) is 66.4 Å². The second kappa shape index (κ2) is 12.8. The number of aliphatic hydroxyl groups excluding tert-OH is 3. The van der Waals surface area contributed by atoms with E-state index in [9.17, 15) is 20.1 Å². The number of benzene rings is 3. The van der Waals surface area contributed by atoms with Gasteiger partial charge in [-0.15, -0.1) is 0 Å². The Morgan fingerprint density at radius 1 is 1.00 bits per heavy atom. The number of hydrogen-bond donors (Lipinski definition) is 3. The second-order valence-electron chi connectivity index (χ2n) is 9.59. The zero-order chi connectivity index (χ0) is 28.1. The van der Waals surface area contributed by atoms with Crippen molar-refractivity contribution in [1.29, 1.82) is 0 Å². The van der Waals surface area contributed by atoms with Crippen molar-refractivity contribution in [1.82, 2.24) is 0 Å². The van der Waals surface area contributed by atoms with E-state index in [1.807, 2.05) is 43.3 Å². The lowest BCUT2D eigenvalue weighted by Crippen LogP contribution is -2.57. The molecule has 0 aromatic heterocycles. The van der Waals surface area contributed by atoms with Crippen molar-refractivity contribution >= 4 is 23.3 Å². The van der Waals surface area contributed by atoms with Crippen LogP contribution in [0.3, 0.4) is 0 Å². The predicted molar refractivity (Wildman–Crippen MR) is 149 cm³/mol. The van der Waals surface area contributed by atoms with Gasteiger partial charge < -0.3 is 34.4 Å². The van der Waals surface area contributed by atoms with Crippen LogP contribution in [0.2, 0.25) is 5.02 Å². The van der Waals surface area contributed by atoms with Crippen molar-refractivity contribution in [2.45, 2.75) is 43.9 Å². The summed E-state index contributed by atoms with van der Waals surface area (Å²) in [6.45, 7) is 2.72. The van der Waals surface area contributed by atoms with E-state index in [-0.39, 0.29) is 6.54 Å². The third-order valence-corrected chi connectivity index (χ3v) is 7.27. The first-order valence-corrected chi connectivity index (χ1v) is 13.2. The molecule has 5 atom stereocenters. The van der Waals surface area contributed by atoms with Crippen molar-refractivity contribution < 1.29 is 34.3 Å². The molecule has 0 aliphatic carbocycles. The second-order valence-corrected chi connectivity index (χ2v) is 10.0. The monoisotopic (exact) mass is 555 g/mol. The molecule has 9 heteroatoms. The summed E-state index contributed by atoms with van der Waals surface area (Å²) in [6.07, 6.45) is -5.25. The predicted octanol–water partition coefficient (Wildman–Crippen LogP) is 3.78. The van der Waals surface area contributed by atoms with Gasteiger partial charge in [-0.3, -0.25) is 0 Å². The molecule has 1 aliphatic rings. The van der Waals surface area contributed by atoms with Crippen molar-refractivity contribution in [3.8, 4) is 5.75 Å².